The van der Waals surface area contributed by atoms with Crippen molar-refractivity contribution in [3.05, 3.63) is 107 Å². The largest absolute Gasteiger partial charge is 0.329 e. The molecule has 3 aromatic carbocycles. The minimum atomic E-state index is -0.241. The molecule has 0 unspecified atom stereocenters. The Labute approximate surface area is 175 Å². The third kappa shape index (κ3) is 4.46. The fourth-order valence-electron chi connectivity index (χ4n) is 3.46. The van der Waals surface area contributed by atoms with Crippen LogP contribution in [0.5, 0.6) is 0 Å². The summed E-state index contributed by atoms with van der Waals surface area (Å²) in [6, 6.07) is 24.1. The summed E-state index contributed by atoms with van der Waals surface area (Å²) < 4.78 is 13.2. The molecule has 1 heterocycles. The van der Waals surface area contributed by atoms with Crippen LogP contribution in [0.1, 0.15) is 24.5 Å². The smallest absolute Gasteiger partial charge is 0.205 e. The Morgan fingerprint density at radius 2 is 1.67 bits per heavy atom. The van der Waals surface area contributed by atoms with Gasteiger partial charge in [0.05, 0.1) is 16.7 Å². The SMILES string of the molecule is C/C(Nc1nc2ccccc2[nH]1)=C(\CCc1ccc(F)cc1)C(=N)c1ccccc1. The zero-order valence-corrected chi connectivity index (χ0v) is 16.7. The number of hydrogen-bond acceptors (Lipinski definition) is 3. The van der Waals surface area contributed by atoms with Crippen LogP contribution in [0.2, 0.25) is 0 Å². The van der Waals surface area contributed by atoms with Gasteiger partial charge in [-0.1, -0.05) is 54.6 Å². The molecule has 4 nitrogen and oxygen atoms in total. The van der Waals surface area contributed by atoms with Gasteiger partial charge in [0.25, 0.3) is 0 Å². The quantitative estimate of drug-likeness (QED) is 0.330. The number of fused-ring (bicyclic) bond motifs is 1. The number of allylic oxidation sites excluding steroid dienone is 2. The van der Waals surface area contributed by atoms with Crippen molar-refractivity contribution in [3.63, 3.8) is 0 Å². The van der Waals surface area contributed by atoms with Crippen molar-refractivity contribution in [1.29, 1.82) is 5.41 Å². The molecule has 0 saturated heterocycles. The van der Waals surface area contributed by atoms with Crippen LogP contribution < -0.4 is 5.32 Å². The van der Waals surface area contributed by atoms with E-state index in [0.29, 0.717) is 24.5 Å². The molecule has 0 aliphatic carbocycles. The van der Waals surface area contributed by atoms with Gasteiger partial charge in [0.1, 0.15) is 5.82 Å². The van der Waals surface area contributed by atoms with Crippen LogP contribution in [-0.4, -0.2) is 15.7 Å². The Balaban J connectivity index is 1.63. The van der Waals surface area contributed by atoms with Gasteiger partial charge in [0.2, 0.25) is 5.95 Å². The first-order chi connectivity index (χ1) is 14.6. The maximum absolute atomic E-state index is 13.2. The maximum atomic E-state index is 13.2. The summed E-state index contributed by atoms with van der Waals surface area (Å²) in [5.74, 6) is 0.406. The summed E-state index contributed by atoms with van der Waals surface area (Å²) in [6.07, 6.45) is 1.36. The van der Waals surface area contributed by atoms with E-state index in [1.165, 1.54) is 12.1 Å². The number of benzene rings is 3. The van der Waals surface area contributed by atoms with E-state index in [0.717, 1.165) is 33.4 Å². The van der Waals surface area contributed by atoms with Crippen LogP contribution in [0.3, 0.4) is 0 Å². The Bertz CT molecular complexity index is 1160. The van der Waals surface area contributed by atoms with Crippen molar-refractivity contribution in [1.82, 2.24) is 9.97 Å². The second-order valence-corrected chi connectivity index (χ2v) is 7.20. The number of rotatable bonds is 7. The summed E-state index contributed by atoms with van der Waals surface area (Å²) in [5.41, 5.74) is 5.97. The first-order valence-corrected chi connectivity index (χ1v) is 9.90. The number of aromatic amines is 1. The topological polar surface area (TPSA) is 64.6 Å². The van der Waals surface area contributed by atoms with Crippen molar-refractivity contribution in [2.45, 2.75) is 19.8 Å². The zero-order valence-electron chi connectivity index (χ0n) is 16.7. The second kappa shape index (κ2) is 8.74. The highest BCUT2D eigenvalue weighted by Crippen LogP contribution is 2.21. The minimum absolute atomic E-state index is 0.241. The minimum Gasteiger partial charge on any atom is -0.329 e. The van der Waals surface area contributed by atoms with Crippen LogP contribution in [0.4, 0.5) is 10.3 Å². The molecule has 5 heteroatoms. The van der Waals surface area contributed by atoms with Crippen molar-refractivity contribution in [3.8, 4) is 0 Å². The van der Waals surface area contributed by atoms with E-state index in [9.17, 15) is 4.39 Å². The van der Waals surface area contributed by atoms with E-state index < -0.39 is 0 Å². The molecule has 4 rings (SSSR count). The molecule has 30 heavy (non-hydrogen) atoms. The molecular weight excluding hydrogens is 375 g/mol. The van der Waals surface area contributed by atoms with Crippen molar-refractivity contribution in [2.24, 2.45) is 0 Å². The molecule has 0 fully saturated rings. The summed E-state index contributed by atoms with van der Waals surface area (Å²) in [5, 5.41) is 12.1. The predicted octanol–water partition coefficient (Wildman–Crippen LogP) is 6.09. The lowest BCUT2D eigenvalue weighted by Gasteiger charge is -2.15. The zero-order chi connectivity index (χ0) is 20.9. The molecule has 0 bridgehead atoms. The molecule has 0 spiro atoms. The molecule has 0 aliphatic heterocycles. The van der Waals surface area contributed by atoms with Gasteiger partial charge < -0.3 is 10.3 Å². The molecule has 0 amide bonds. The summed E-state index contributed by atoms with van der Waals surface area (Å²) in [4.78, 5) is 7.85. The normalized spacial score (nSPS) is 11.9. The summed E-state index contributed by atoms with van der Waals surface area (Å²) >= 11 is 0. The van der Waals surface area contributed by atoms with E-state index in [1.54, 1.807) is 12.1 Å². The van der Waals surface area contributed by atoms with Crippen LogP contribution in [0, 0.1) is 11.2 Å². The van der Waals surface area contributed by atoms with Gasteiger partial charge in [-0.2, -0.15) is 0 Å². The first kappa shape index (κ1) is 19.6. The number of nitrogens with zero attached hydrogens (tertiary/aromatic N) is 1. The Morgan fingerprint density at radius 1 is 0.967 bits per heavy atom. The average molecular weight is 398 g/mol. The number of para-hydroxylation sites is 2. The highest BCUT2D eigenvalue weighted by atomic mass is 19.1. The number of aromatic nitrogens is 2. The van der Waals surface area contributed by atoms with Crippen molar-refractivity contribution in [2.75, 3.05) is 5.32 Å². The van der Waals surface area contributed by atoms with E-state index in [2.05, 4.69) is 15.3 Å². The fraction of sp³-hybridized carbons (Fsp3) is 0.120. The predicted molar refractivity (Wildman–Crippen MR) is 120 cm³/mol. The Hall–Kier alpha value is -3.73. The molecule has 0 saturated carbocycles. The standard InChI is InChI=1S/C25H23FN4/c1-17(28-25-29-22-9-5-6-10-23(22)30-25)21(24(27)19-7-3-2-4-8-19)16-13-18-11-14-20(26)15-12-18/h2-12,14-15,27H,13,16H2,1H3,(H2,28,29,30)/b21-17-,27-24?. The van der Waals surface area contributed by atoms with Gasteiger partial charge in [0, 0.05) is 5.70 Å². The lowest BCUT2D eigenvalue weighted by Crippen LogP contribution is -2.12. The van der Waals surface area contributed by atoms with Crippen LogP contribution in [-0.2, 0) is 6.42 Å². The Morgan fingerprint density at radius 3 is 2.40 bits per heavy atom. The highest BCUT2D eigenvalue weighted by Gasteiger charge is 2.13. The number of halogens is 1. The average Bonchev–Trinajstić information content (AvgIpc) is 3.18. The fourth-order valence-corrected chi connectivity index (χ4v) is 3.46. The molecule has 150 valence electrons. The first-order valence-electron chi connectivity index (χ1n) is 9.90. The van der Waals surface area contributed by atoms with Crippen LogP contribution in [0.25, 0.3) is 11.0 Å². The Kier molecular flexibility index (Phi) is 5.70. The molecule has 0 radical (unpaired) electrons. The number of nitrogens with one attached hydrogen (secondary N) is 3. The van der Waals surface area contributed by atoms with E-state index >= 15 is 0 Å². The number of anilines is 1. The van der Waals surface area contributed by atoms with Gasteiger partial charge in [-0.15, -0.1) is 0 Å². The van der Waals surface area contributed by atoms with E-state index in [-0.39, 0.29) is 5.82 Å². The summed E-state index contributed by atoms with van der Waals surface area (Å²) in [6.45, 7) is 1.96. The van der Waals surface area contributed by atoms with Crippen molar-refractivity contribution < 1.29 is 4.39 Å². The molecule has 4 aromatic rings. The number of hydrogen-bond donors (Lipinski definition) is 3. The van der Waals surface area contributed by atoms with Gasteiger partial charge in [0.15, 0.2) is 0 Å². The van der Waals surface area contributed by atoms with Crippen LogP contribution in [0.15, 0.2) is 90.1 Å². The highest BCUT2D eigenvalue weighted by molar-refractivity contribution is 6.11. The van der Waals surface area contributed by atoms with Gasteiger partial charge in [-0.05, 0) is 60.7 Å². The lowest BCUT2D eigenvalue weighted by atomic mass is 9.95. The number of aryl methyl sites for hydroxylation is 1. The van der Waals surface area contributed by atoms with E-state index in [4.69, 9.17) is 5.41 Å². The van der Waals surface area contributed by atoms with Gasteiger partial charge in [-0.3, -0.25) is 5.41 Å². The lowest BCUT2D eigenvalue weighted by molar-refractivity contribution is 0.627. The third-order valence-electron chi connectivity index (χ3n) is 5.09. The molecule has 1 aromatic heterocycles. The van der Waals surface area contributed by atoms with Gasteiger partial charge >= 0.3 is 0 Å². The third-order valence-corrected chi connectivity index (χ3v) is 5.09. The molecule has 0 aliphatic rings. The van der Waals surface area contributed by atoms with E-state index in [1.807, 2.05) is 61.5 Å². The molecular formula is C25H23FN4. The monoisotopic (exact) mass is 398 g/mol. The second-order valence-electron chi connectivity index (χ2n) is 7.20. The molecule has 3 N–H and O–H groups in total. The molecule has 0 atom stereocenters. The number of H-pyrrole nitrogens is 1. The maximum Gasteiger partial charge on any atom is 0.205 e. The van der Waals surface area contributed by atoms with Crippen molar-refractivity contribution >= 4 is 22.7 Å². The van der Waals surface area contributed by atoms with Crippen LogP contribution >= 0.6 is 0 Å². The van der Waals surface area contributed by atoms with Gasteiger partial charge in [-0.25, -0.2) is 9.37 Å². The summed E-state index contributed by atoms with van der Waals surface area (Å²) in [7, 11) is 0. The number of imidazole rings is 1.